The maximum absolute atomic E-state index is 3.63. The quantitative estimate of drug-likeness (QED) is 0.825. The van der Waals surface area contributed by atoms with Crippen molar-refractivity contribution in [1.82, 2.24) is 9.88 Å². The monoisotopic (exact) mass is 270 g/mol. The number of benzene rings is 1. The smallest absolute Gasteiger partial charge is 0.0297 e. The lowest BCUT2D eigenvalue weighted by Crippen LogP contribution is -2.18. The van der Waals surface area contributed by atoms with Crippen molar-refractivity contribution in [2.24, 2.45) is 0 Å². The van der Waals surface area contributed by atoms with Crippen molar-refractivity contribution in [3.8, 4) is 0 Å². The summed E-state index contributed by atoms with van der Waals surface area (Å²) in [4.78, 5) is 0. The van der Waals surface area contributed by atoms with E-state index in [1.165, 1.54) is 28.7 Å². The molecule has 0 saturated carbocycles. The minimum Gasteiger partial charge on any atom is -0.354 e. The first kappa shape index (κ1) is 14.9. The summed E-state index contributed by atoms with van der Waals surface area (Å²) in [5, 5.41) is 3.63. The van der Waals surface area contributed by atoms with Crippen LogP contribution in [-0.4, -0.2) is 4.57 Å². The summed E-state index contributed by atoms with van der Waals surface area (Å²) < 4.78 is 2.26. The van der Waals surface area contributed by atoms with Gasteiger partial charge in [-0.05, 0) is 49.9 Å². The predicted octanol–water partition coefficient (Wildman–Crippen LogP) is 4.37. The van der Waals surface area contributed by atoms with Gasteiger partial charge in [0.1, 0.15) is 0 Å². The van der Waals surface area contributed by atoms with Crippen LogP contribution in [0.15, 0.2) is 36.7 Å². The Kier molecular flexibility index (Phi) is 5.02. The van der Waals surface area contributed by atoms with E-state index in [-0.39, 0.29) is 0 Å². The van der Waals surface area contributed by atoms with Crippen molar-refractivity contribution in [3.05, 3.63) is 58.9 Å². The van der Waals surface area contributed by atoms with Gasteiger partial charge in [0.15, 0.2) is 0 Å². The van der Waals surface area contributed by atoms with E-state index < -0.39 is 0 Å². The van der Waals surface area contributed by atoms with E-state index in [2.05, 4.69) is 74.2 Å². The molecule has 1 N–H and O–H groups in total. The fourth-order valence-corrected chi connectivity index (χ4v) is 2.60. The Morgan fingerprint density at radius 3 is 2.75 bits per heavy atom. The van der Waals surface area contributed by atoms with Crippen LogP contribution in [0, 0.1) is 13.8 Å². The summed E-state index contributed by atoms with van der Waals surface area (Å²) in [7, 11) is 0. The number of nitrogens with one attached hydrogen (secondary N) is 1. The third-order valence-corrected chi connectivity index (χ3v) is 3.81. The van der Waals surface area contributed by atoms with Crippen molar-refractivity contribution >= 4 is 0 Å². The molecule has 0 radical (unpaired) electrons. The summed E-state index contributed by atoms with van der Waals surface area (Å²) in [5.41, 5.74) is 5.45. The fourth-order valence-electron chi connectivity index (χ4n) is 2.60. The van der Waals surface area contributed by atoms with E-state index in [9.17, 15) is 0 Å². The van der Waals surface area contributed by atoms with E-state index >= 15 is 0 Å². The molecule has 0 aliphatic rings. The first-order valence-corrected chi connectivity index (χ1v) is 7.55. The highest BCUT2D eigenvalue weighted by Crippen LogP contribution is 2.19. The highest BCUT2D eigenvalue weighted by molar-refractivity contribution is 5.32. The van der Waals surface area contributed by atoms with Crippen LogP contribution in [0.5, 0.6) is 0 Å². The van der Waals surface area contributed by atoms with E-state index in [1.54, 1.807) is 0 Å². The topological polar surface area (TPSA) is 17.0 Å². The molecule has 1 aromatic heterocycles. The molecule has 0 spiro atoms. The van der Waals surface area contributed by atoms with E-state index in [0.717, 1.165) is 13.1 Å². The Bertz CT molecular complexity index is 554. The van der Waals surface area contributed by atoms with Crippen LogP contribution in [0.4, 0.5) is 0 Å². The van der Waals surface area contributed by atoms with Gasteiger partial charge in [0.25, 0.3) is 0 Å². The van der Waals surface area contributed by atoms with Gasteiger partial charge < -0.3 is 9.88 Å². The van der Waals surface area contributed by atoms with Crippen molar-refractivity contribution in [2.75, 3.05) is 0 Å². The Labute approximate surface area is 122 Å². The standard InChI is InChI=1S/C18H26N2/c1-5-9-20-10-8-17(13-20)12-19-16(4)18-11-14(2)6-7-15(18)3/h6-8,10-11,13,16,19H,5,9,12H2,1-4H3. The molecule has 2 heteroatoms. The number of aryl methyl sites for hydroxylation is 3. The summed E-state index contributed by atoms with van der Waals surface area (Å²) in [6.07, 6.45) is 5.59. The van der Waals surface area contributed by atoms with Crippen LogP contribution in [0.25, 0.3) is 0 Å². The molecule has 1 aromatic carbocycles. The zero-order valence-corrected chi connectivity index (χ0v) is 13.1. The molecule has 2 nitrogen and oxygen atoms in total. The van der Waals surface area contributed by atoms with Gasteiger partial charge in [-0.3, -0.25) is 0 Å². The van der Waals surface area contributed by atoms with Gasteiger partial charge in [0.2, 0.25) is 0 Å². The minimum absolute atomic E-state index is 0.379. The molecule has 1 unspecified atom stereocenters. The van der Waals surface area contributed by atoms with Crippen LogP contribution >= 0.6 is 0 Å². The number of hydrogen-bond donors (Lipinski definition) is 1. The van der Waals surface area contributed by atoms with Crippen molar-refractivity contribution < 1.29 is 0 Å². The van der Waals surface area contributed by atoms with Gasteiger partial charge in [-0.1, -0.05) is 30.7 Å². The molecule has 2 aromatic rings. The zero-order valence-electron chi connectivity index (χ0n) is 13.1. The lowest BCUT2D eigenvalue weighted by Gasteiger charge is -2.17. The Morgan fingerprint density at radius 2 is 2.00 bits per heavy atom. The molecule has 0 amide bonds. The summed E-state index contributed by atoms with van der Waals surface area (Å²) in [5.74, 6) is 0. The van der Waals surface area contributed by atoms with Crippen LogP contribution in [0.2, 0.25) is 0 Å². The van der Waals surface area contributed by atoms with Gasteiger partial charge in [-0.2, -0.15) is 0 Å². The Balaban J connectivity index is 1.97. The lowest BCUT2D eigenvalue weighted by atomic mass is 10.00. The number of rotatable bonds is 6. The SMILES string of the molecule is CCCn1ccc(CNC(C)c2cc(C)ccc2C)c1. The minimum atomic E-state index is 0.379. The second kappa shape index (κ2) is 6.76. The first-order chi connectivity index (χ1) is 9.60. The van der Waals surface area contributed by atoms with Crippen LogP contribution in [0.1, 0.15) is 48.6 Å². The molecule has 1 atom stereocenters. The third-order valence-electron chi connectivity index (χ3n) is 3.81. The third kappa shape index (κ3) is 3.73. The average Bonchev–Trinajstić information content (AvgIpc) is 2.87. The van der Waals surface area contributed by atoms with Gasteiger partial charge in [0.05, 0.1) is 0 Å². The lowest BCUT2D eigenvalue weighted by molar-refractivity contribution is 0.570. The van der Waals surface area contributed by atoms with Crippen LogP contribution in [-0.2, 0) is 13.1 Å². The Hall–Kier alpha value is -1.54. The fraction of sp³-hybridized carbons (Fsp3) is 0.444. The van der Waals surface area contributed by atoms with E-state index in [1.807, 2.05) is 0 Å². The molecule has 0 saturated heterocycles. The summed E-state index contributed by atoms with van der Waals surface area (Å²) in [6, 6.07) is 9.26. The summed E-state index contributed by atoms with van der Waals surface area (Å²) in [6.45, 7) is 10.8. The van der Waals surface area contributed by atoms with Crippen molar-refractivity contribution in [3.63, 3.8) is 0 Å². The normalized spacial score (nSPS) is 12.6. The molecule has 20 heavy (non-hydrogen) atoms. The highest BCUT2D eigenvalue weighted by atomic mass is 14.9. The Morgan fingerprint density at radius 1 is 1.20 bits per heavy atom. The second-order valence-electron chi connectivity index (χ2n) is 5.72. The van der Waals surface area contributed by atoms with Gasteiger partial charge in [-0.25, -0.2) is 0 Å². The molecular formula is C18H26N2. The molecular weight excluding hydrogens is 244 g/mol. The molecule has 0 aliphatic heterocycles. The van der Waals surface area contributed by atoms with E-state index in [0.29, 0.717) is 6.04 Å². The van der Waals surface area contributed by atoms with Gasteiger partial charge in [-0.15, -0.1) is 0 Å². The maximum atomic E-state index is 3.63. The van der Waals surface area contributed by atoms with E-state index in [4.69, 9.17) is 0 Å². The molecule has 108 valence electrons. The zero-order chi connectivity index (χ0) is 14.5. The van der Waals surface area contributed by atoms with Crippen molar-refractivity contribution in [1.29, 1.82) is 0 Å². The molecule has 0 fully saturated rings. The highest BCUT2D eigenvalue weighted by Gasteiger charge is 2.08. The van der Waals surface area contributed by atoms with Gasteiger partial charge in [0, 0.05) is 31.5 Å². The van der Waals surface area contributed by atoms with Crippen LogP contribution in [0.3, 0.4) is 0 Å². The van der Waals surface area contributed by atoms with Gasteiger partial charge >= 0.3 is 0 Å². The molecule has 0 bridgehead atoms. The predicted molar refractivity (Wildman–Crippen MR) is 85.9 cm³/mol. The molecule has 0 aliphatic carbocycles. The number of nitrogens with zero attached hydrogens (tertiary/aromatic N) is 1. The maximum Gasteiger partial charge on any atom is 0.0297 e. The van der Waals surface area contributed by atoms with Crippen molar-refractivity contribution in [2.45, 2.75) is 53.2 Å². The second-order valence-corrected chi connectivity index (χ2v) is 5.72. The van der Waals surface area contributed by atoms with Crippen LogP contribution < -0.4 is 5.32 Å². The average molecular weight is 270 g/mol. The number of hydrogen-bond acceptors (Lipinski definition) is 1. The first-order valence-electron chi connectivity index (χ1n) is 7.55. The summed E-state index contributed by atoms with van der Waals surface area (Å²) >= 11 is 0. The molecule has 2 rings (SSSR count). The molecule has 1 heterocycles. The largest absolute Gasteiger partial charge is 0.354 e. The number of aromatic nitrogens is 1.